The lowest BCUT2D eigenvalue weighted by Crippen LogP contribution is -2.45. The van der Waals surface area contributed by atoms with Crippen LogP contribution in [0.5, 0.6) is 0 Å². The van der Waals surface area contributed by atoms with Gasteiger partial charge in [0.05, 0.1) is 5.60 Å². The van der Waals surface area contributed by atoms with Gasteiger partial charge in [-0.1, -0.05) is 0 Å². The molecule has 0 amide bonds. The summed E-state index contributed by atoms with van der Waals surface area (Å²) in [6.45, 7) is 6.52. The fourth-order valence-electron chi connectivity index (χ4n) is 2.38. The molecule has 0 aromatic carbocycles. The maximum atomic E-state index is 5.76. The van der Waals surface area contributed by atoms with E-state index in [1.165, 1.54) is 12.8 Å². The molecule has 21 heavy (non-hydrogen) atoms. The van der Waals surface area contributed by atoms with Crippen LogP contribution < -0.4 is 10.6 Å². The Morgan fingerprint density at radius 3 is 2.81 bits per heavy atom. The van der Waals surface area contributed by atoms with Gasteiger partial charge in [-0.2, -0.15) is 0 Å². The molecule has 1 unspecified atom stereocenters. The summed E-state index contributed by atoms with van der Waals surface area (Å²) in [7, 11) is 1.80. The minimum atomic E-state index is -0.0367. The maximum absolute atomic E-state index is 5.76. The van der Waals surface area contributed by atoms with Crippen molar-refractivity contribution < 1.29 is 9.47 Å². The second-order valence-corrected chi connectivity index (χ2v) is 6.13. The van der Waals surface area contributed by atoms with Crippen molar-refractivity contribution in [1.82, 2.24) is 10.6 Å². The topological polar surface area (TPSA) is 54.9 Å². The van der Waals surface area contributed by atoms with Crippen LogP contribution in [-0.4, -0.2) is 51.5 Å². The first-order valence-electron chi connectivity index (χ1n) is 7.88. The minimum absolute atomic E-state index is 0. The molecule has 0 radical (unpaired) electrons. The molecule has 2 rings (SSSR count). The Balaban J connectivity index is 0.00000220. The van der Waals surface area contributed by atoms with Gasteiger partial charge in [0.15, 0.2) is 5.96 Å². The molecule has 2 N–H and O–H groups in total. The van der Waals surface area contributed by atoms with Crippen molar-refractivity contribution in [1.29, 1.82) is 0 Å². The van der Waals surface area contributed by atoms with Gasteiger partial charge in [0.2, 0.25) is 0 Å². The van der Waals surface area contributed by atoms with Crippen LogP contribution in [0.2, 0.25) is 0 Å². The highest BCUT2D eigenvalue weighted by molar-refractivity contribution is 14.0. The average molecular weight is 411 g/mol. The quantitative estimate of drug-likeness (QED) is 0.278. The zero-order valence-electron chi connectivity index (χ0n) is 13.3. The van der Waals surface area contributed by atoms with Crippen molar-refractivity contribution >= 4 is 29.9 Å². The number of hydrogen-bond acceptors (Lipinski definition) is 3. The van der Waals surface area contributed by atoms with Crippen LogP contribution in [0.15, 0.2) is 4.99 Å². The predicted molar refractivity (Wildman–Crippen MR) is 96.5 cm³/mol. The molecule has 6 heteroatoms. The fraction of sp³-hybridized carbons (Fsp3) is 0.933. The van der Waals surface area contributed by atoms with Crippen LogP contribution in [0.4, 0.5) is 0 Å². The SMILES string of the molecule is CN=C(NCCCOCC1CC1)NCC1(C)CCCO1.I. The number of guanidine groups is 1. The molecule has 1 saturated carbocycles. The molecule has 1 aliphatic heterocycles. The van der Waals surface area contributed by atoms with Gasteiger partial charge in [-0.25, -0.2) is 0 Å². The molecule has 1 saturated heterocycles. The van der Waals surface area contributed by atoms with Crippen molar-refractivity contribution in [3.63, 3.8) is 0 Å². The number of nitrogens with zero attached hydrogens (tertiary/aromatic N) is 1. The van der Waals surface area contributed by atoms with E-state index in [-0.39, 0.29) is 29.6 Å². The third kappa shape index (κ3) is 7.65. The Labute approximate surface area is 145 Å². The van der Waals surface area contributed by atoms with Crippen LogP contribution in [0.1, 0.15) is 39.0 Å². The van der Waals surface area contributed by atoms with E-state index in [0.717, 1.165) is 64.1 Å². The molecule has 0 spiro atoms. The van der Waals surface area contributed by atoms with Crippen LogP contribution in [0, 0.1) is 5.92 Å². The zero-order valence-corrected chi connectivity index (χ0v) is 15.7. The molecule has 2 aliphatic rings. The lowest BCUT2D eigenvalue weighted by Gasteiger charge is -2.24. The Kier molecular flexibility index (Phi) is 8.89. The largest absolute Gasteiger partial charge is 0.381 e. The van der Waals surface area contributed by atoms with Crippen LogP contribution in [-0.2, 0) is 9.47 Å². The minimum Gasteiger partial charge on any atom is -0.381 e. The monoisotopic (exact) mass is 411 g/mol. The number of nitrogens with one attached hydrogen (secondary N) is 2. The Morgan fingerprint density at radius 2 is 2.19 bits per heavy atom. The number of ether oxygens (including phenoxy) is 2. The smallest absolute Gasteiger partial charge is 0.191 e. The van der Waals surface area contributed by atoms with Crippen LogP contribution in [0.25, 0.3) is 0 Å². The third-order valence-corrected chi connectivity index (χ3v) is 3.96. The molecule has 1 heterocycles. The third-order valence-electron chi connectivity index (χ3n) is 3.96. The molecule has 5 nitrogen and oxygen atoms in total. The number of rotatable bonds is 8. The van der Waals surface area contributed by atoms with Crippen molar-refractivity contribution in [2.24, 2.45) is 10.9 Å². The van der Waals surface area contributed by atoms with Crippen molar-refractivity contribution in [2.75, 3.05) is 40.0 Å². The average Bonchev–Trinajstić information content (AvgIpc) is 3.18. The standard InChI is InChI=1S/C15H29N3O2.HI/c1-15(7-3-10-20-15)12-18-14(16-2)17-8-4-9-19-11-13-5-6-13;/h13H,3-12H2,1-2H3,(H2,16,17,18);1H. The summed E-state index contributed by atoms with van der Waals surface area (Å²) in [6, 6.07) is 0. The molecular weight excluding hydrogens is 381 g/mol. The first kappa shape index (κ1) is 19.0. The molecule has 1 atom stereocenters. The summed E-state index contributed by atoms with van der Waals surface area (Å²) < 4.78 is 11.4. The fourth-order valence-corrected chi connectivity index (χ4v) is 2.38. The lowest BCUT2D eigenvalue weighted by molar-refractivity contribution is 0.0242. The van der Waals surface area contributed by atoms with Gasteiger partial charge in [-0.3, -0.25) is 4.99 Å². The Morgan fingerprint density at radius 1 is 1.38 bits per heavy atom. The Bertz CT molecular complexity index is 316. The highest BCUT2D eigenvalue weighted by atomic mass is 127. The summed E-state index contributed by atoms with van der Waals surface area (Å²) in [5.74, 6) is 1.70. The molecule has 2 fully saturated rings. The van der Waals surface area contributed by atoms with Crippen molar-refractivity contribution in [3.05, 3.63) is 0 Å². The highest BCUT2D eigenvalue weighted by Gasteiger charge is 2.29. The highest BCUT2D eigenvalue weighted by Crippen LogP contribution is 2.28. The van der Waals surface area contributed by atoms with Crippen molar-refractivity contribution in [2.45, 2.75) is 44.6 Å². The van der Waals surface area contributed by atoms with E-state index < -0.39 is 0 Å². The van der Waals surface area contributed by atoms with Gasteiger partial charge in [0.25, 0.3) is 0 Å². The van der Waals surface area contributed by atoms with E-state index in [9.17, 15) is 0 Å². The van der Waals surface area contributed by atoms with E-state index in [4.69, 9.17) is 9.47 Å². The van der Waals surface area contributed by atoms with E-state index in [2.05, 4.69) is 22.5 Å². The van der Waals surface area contributed by atoms with Gasteiger partial charge in [-0.05, 0) is 44.9 Å². The summed E-state index contributed by atoms with van der Waals surface area (Å²) >= 11 is 0. The van der Waals surface area contributed by atoms with Gasteiger partial charge in [0.1, 0.15) is 0 Å². The number of halogens is 1. The first-order valence-corrected chi connectivity index (χ1v) is 7.88. The number of hydrogen-bond donors (Lipinski definition) is 2. The maximum Gasteiger partial charge on any atom is 0.191 e. The van der Waals surface area contributed by atoms with E-state index in [0.29, 0.717) is 0 Å². The van der Waals surface area contributed by atoms with Gasteiger partial charge in [0, 0.05) is 40.0 Å². The van der Waals surface area contributed by atoms with Gasteiger partial charge in [-0.15, -0.1) is 24.0 Å². The molecule has 0 aromatic rings. The molecule has 0 bridgehead atoms. The molecule has 0 aromatic heterocycles. The number of aliphatic imine (C=N–C) groups is 1. The zero-order chi connectivity index (χ0) is 14.3. The lowest BCUT2D eigenvalue weighted by atomic mass is 10.0. The van der Waals surface area contributed by atoms with Gasteiger partial charge >= 0.3 is 0 Å². The normalized spacial score (nSPS) is 25.5. The van der Waals surface area contributed by atoms with Crippen molar-refractivity contribution in [3.8, 4) is 0 Å². The summed E-state index contributed by atoms with van der Waals surface area (Å²) in [5.41, 5.74) is -0.0367. The predicted octanol–water partition coefficient (Wildman–Crippen LogP) is 2.16. The summed E-state index contributed by atoms with van der Waals surface area (Å²) in [4.78, 5) is 4.23. The van der Waals surface area contributed by atoms with Gasteiger partial charge < -0.3 is 20.1 Å². The van der Waals surface area contributed by atoms with Crippen LogP contribution in [0.3, 0.4) is 0 Å². The molecular formula is C15H30IN3O2. The van der Waals surface area contributed by atoms with E-state index in [1.807, 2.05) is 0 Å². The Hall–Kier alpha value is -0.0800. The molecule has 124 valence electrons. The second-order valence-electron chi connectivity index (χ2n) is 6.13. The van der Waals surface area contributed by atoms with E-state index in [1.54, 1.807) is 7.05 Å². The summed E-state index contributed by atoms with van der Waals surface area (Å²) in [5, 5.41) is 6.66. The van der Waals surface area contributed by atoms with E-state index >= 15 is 0 Å². The van der Waals surface area contributed by atoms with Crippen LogP contribution >= 0.6 is 24.0 Å². The first-order chi connectivity index (χ1) is 9.72. The summed E-state index contributed by atoms with van der Waals surface area (Å²) in [6.07, 6.45) is 6.00. The second kappa shape index (κ2) is 9.84. The molecule has 1 aliphatic carbocycles.